The van der Waals surface area contributed by atoms with Gasteiger partial charge in [0.2, 0.25) is 11.8 Å². The van der Waals surface area contributed by atoms with Crippen LogP contribution in [-0.2, 0) is 34.6 Å². The Kier molecular flexibility index (Phi) is 11.8. The van der Waals surface area contributed by atoms with Crippen molar-refractivity contribution in [1.29, 1.82) is 0 Å². The minimum atomic E-state index is -0.675. The van der Waals surface area contributed by atoms with Gasteiger partial charge in [0, 0.05) is 43.6 Å². The van der Waals surface area contributed by atoms with E-state index in [-0.39, 0.29) is 46.6 Å². The van der Waals surface area contributed by atoms with E-state index in [2.05, 4.69) is 44.9 Å². The number of fused-ring (bicyclic) bond motifs is 3. The van der Waals surface area contributed by atoms with Gasteiger partial charge in [-0.25, -0.2) is 19.6 Å². The Morgan fingerprint density at radius 3 is 1.92 bits per heavy atom. The lowest BCUT2D eigenvalue weighted by molar-refractivity contribution is -0.137. The number of nitrogens with one attached hydrogen (secondary N) is 4. The number of imidazole rings is 2. The number of H-pyrrole nitrogens is 2. The molecule has 1 aromatic carbocycles. The molecule has 5 heterocycles. The van der Waals surface area contributed by atoms with Crippen LogP contribution >= 0.6 is 0 Å². The van der Waals surface area contributed by atoms with Crippen LogP contribution in [0.2, 0.25) is 0 Å². The molecule has 4 N–H and O–H groups in total. The quantitative estimate of drug-likeness (QED) is 0.175. The Morgan fingerprint density at radius 2 is 1.31 bits per heavy atom. The highest BCUT2D eigenvalue weighted by Crippen LogP contribution is 2.58. The number of hydrogen-bond donors (Lipinski definition) is 4. The Bertz CT molecular complexity index is 1960. The van der Waals surface area contributed by atoms with E-state index in [0.29, 0.717) is 39.1 Å². The lowest BCUT2D eigenvalue weighted by Crippen LogP contribution is -2.53. The van der Waals surface area contributed by atoms with Crippen LogP contribution in [0.4, 0.5) is 9.59 Å². The molecule has 3 saturated carbocycles. The number of carbonyl (C=O) groups is 4. The molecule has 3 aliphatic carbocycles. The monoisotopic (exact) mass is 812 g/mol. The molecule has 15 heteroatoms. The summed E-state index contributed by atoms with van der Waals surface area (Å²) in [7, 11) is 2.63. The van der Waals surface area contributed by atoms with Crippen LogP contribution in [0, 0.1) is 11.8 Å². The molecule has 3 saturated heterocycles. The normalized spacial score (nSPS) is 26.8. The Hall–Kier alpha value is -4.92. The first-order chi connectivity index (χ1) is 28.5. The van der Waals surface area contributed by atoms with Crippen molar-refractivity contribution < 1.29 is 33.4 Å². The van der Waals surface area contributed by atoms with Crippen molar-refractivity contribution in [2.75, 3.05) is 40.5 Å². The van der Waals surface area contributed by atoms with Crippen LogP contribution in [0.3, 0.4) is 0 Å². The number of carbonyl (C=O) groups excluding carboxylic acids is 4. The van der Waals surface area contributed by atoms with Gasteiger partial charge in [-0.15, -0.1) is 0 Å². The largest absolute Gasteiger partial charge is 0.453 e. The molecule has 4 amide bonds. The number of alkyl carbamates (subject to hydrolysis) is 2. The zero-order valence-electron chi connectivity index (χ0n) is 34.9. The Balaban J connectivity index is 0.909. The van der Waals surface area contributed by atoms with Gasteiger partial charge < -0.3 is 44.6 Å². The fourth-order valence-corrected chi connectivity index (χ4v) is 10.8. The molecule has 0 radical (unpaired) electrons. The summed E-state index contributed by atoms with van der Waals surface area (Å²) in [6, 6.07) is 7.28. The molecule has 0 spiro atoms. The van der Waals surface area contributed by atoms with Gasteiger partial charge in [-0.2, -0.15) is 0 Å². The summed E-state index contributed by atoms with van der Waals surface area (Å²) in [6.07, 6.45) is 14.0. The first-order valence-corrected chi connectivity index (χ1v) is 21.6. The molecule has 4 atom stereocenters. The third kappa shape index (κ3) is 7.94. The minimum absolute atomic E-state index is 0.00333. The SMILES string of the molecule is COC(=O)NC(C(=O)N1CCCC1c1ncc(-c2ccc(C34CCC(c5cnc(C6CCCN6C(=O)C(NC(=O)OC)C6CCOCC6)[nH]5)(CC3)CC4)cc2)[nH]1)C(C)C. The van der Waals surface area contributed by atoms with Gasteiger partial charge in [0.05, 0.1) is 38.2 Å². The highest BCUT2D eigenvalue weighted by atomic mass is 16.5. The van der Waals surface area contributed by atoms with E-state index in [1.165, 1.54) is 25.5 Å². The first kappa shape index (κ1) is 40.8. The molecular formula is C44H60N8O7. The van der Waals surface area contributed by atoms with Gasteiger partial charge in [-0.1, -0.05) is 38.1 Å². The molecule has 2 bridgehead atoms. The number of aromatic amines is 2. The first-order valence-electron chi connectivity index (χ1n) is 21.6. The van der Waals surface area contributed by atoms with Crippen LogP contribution in [0.15, 0.2) is 36.7 Å². The molecular weight excluding hydrogens is 753 g/mol. The fraction of sp³-hybridized carbons (Fsp3) is 0.636. The minimum Gasteiger partial charge on any atom is -0.453 e. The van der Waals surface area contributed by atoms with E-state index in [1.54, 1.807) is 0 Å². The average Bonchev–Trinajstić information content (AvgIpc) is 4.12. The summed E-state index contributed by atoms with van der Waals surface area (Å²) >= 11 is 0. The van der Waals surface area contributed by atoms with Gasteiger partial charge in [0.15, 0.2) is 0 Å². The third-order valence-corrected chi connectivity index (χ3v) is 14.4. The predicted octanol–water partition coefficient (Wildman–Crippen LogP) is 6.20. The van der Waals surface area contributed by atoms with E-state index in [4.69, 9.17) is 24.2 Å². The molecule has 59 heavy (non-hydrogen) atoms. The van der Waals surface area contributed by atoms with Crippen molar-refractivity contribution in [2.24, 2.45) is 11.8 Å². The van der Waals surface area contributed by atoms with Crippen molar-refractivity contribution in [3.05, 3.63) is 59.6 Å². The van der Waals surface area contributed by atoms with E-state index in [0.717, 1.165) is 87.1 Å². The molecule has 3 aliphatic heterocycles. The maximum Gasteiger partial charge on any atom is 0.407 e. The second kappa shape index (κ2) is 17.0. The Morgan fingerprint density at radius 1 is 0.746 bits per heavy atom. The Labute approximate surface area is 346 Å². The highest BCUT2D eigenvalue weighted by Gasteiger charge is 2.51. The van der Waals surface area contributed by atoms with Crippen LogP contribution < -0.4 is 10.6 Å². The average molecular weight is 813 g/mol. The number of amides is 4. The number of methoxy groups -OCH3 is 2. The van der Waals surface area contributed by atoms with Crippen molar-refractivity contribution in [3.63, 3.8) is 0 Å². The molecule has 3 aromatic rings. The van der Waals surface area contributed by atoms with E-state index in [9.17, 15) is 19.2 Å². The molecule has 2 aromatic heterocycles. The number of aromatic nitrogens is 4. The zero-order chi connectivity index (χ0) is 41.3. The number of ether oxygens (including phenoxy) is 3. The summed E-state index contributed by atoms with van der Waals surface area (Å²) < 4.78 is 15.2. The predicted molar refractivity (Wildman–Crippen MR) is 218 cm³/mol. The topological polar surface area (TPSA) is 184 Å². The summed E-state index contributed by atoms with van der Waals surface area (Å²) in [5, 5.41) is 5.57. The number of likely N-dealkylation sites (tertiary alicyclic amines) is 2. The summed E-state index contributed by atoms with van der Waals surface area (Å²) in [5.74, 6) is 1.31. The van der Waals surface area contributed by atoms with Crippen LogP contribution in [0.25, 0.3) is 11.3 Å². The number of hydrogen-bond acceptors (Lipinski definition) is 9. The molecule has 6 aliphatic rings. The van der Waals surface area contributed by atoms with E-state index >= 15 is 0 Å². The summed E-state index contributed by atoms with van der Waals surface area (Å²) in [5.41, 5.74) is 4.71. The molecule has 318 valence electrons. The zero-order valence-corrected chi connectivity index (χ0v) is 34.9. The van der Waals surface area contributed by atoms with Crippen LogP contribution in [0.5, 0.6) is 0 Å². The second-order valence-electron chi connectivity index (χ2n) is 17.8. The van der Waals surface area contributed by atoms with E-state index < -0.39 is 24.3 Å². The van der Waals surface area contributed by atoms with Crippen LogP contribution in [-0.4, -0.2) is 106 Å². The van der Waals surface area contributed by atoms with Gasteiger partial charge in [-0.05, 0) is 105 Å². The van der Waals surface area contributed by atoms with Crippen molar-refractivity contribution >= 4 is 24.0 Å². The van der Waals surface area contributed by atoms with Gasteiger partial charge in [0.1, 0.15) is 23.7 Å². The fourth-order valence-electron chi connectivity index (χ4n) is 10.8. The second-order valence-corrected chi connectivity index (χ2v) is 17.8. The van der Waals surface area contributed by atoms with E-state index in [1.807, 2.05) is 36.0 Å². The molecule has 4 unspecified atom stereocenters. The van der Waals surface area contributed by atoms with Crippen molar-refractivity contribution in [2.45, 2.75) is 126 Å². The molecule has 6 fully saturated rings. The van der Waals surface area contributed by atoms with Gasteiger partial charge >= 0.3 is 12.2 Å². The van der Waals surface area contributed by atoms with Gasteiger partial charge in [-0.3, -0.25) is 9.59 Å². The van der Waals surface area contributed by atoms with Crippen molar-refractivity contribution in [1.82, 2.24) is 40.4 Å². The number of benzene rings is 1. The molecule has 9 rings (SSSR count). The summed E-state index contributed by atoms with van der Waals surface area (Å²) in [4.78, 5) is 72.7. The lowest BCUT2D eigenvalue weighted by Gasteiger charge is -2.53. The lowest BCUT2D eigenvalue weighted by atomic mass is 9.51. The third-order valence-electron chi connectivity index (χ3n) is 14.4. The van der Waals surface area contributed by atoms with Crippen LogP contribution in [0.1, 0.15) is 126 Å². The summed E-state index contributed by atoms with van der Waals surface area (Å²) in [6.45, 7) is 6.23. The smallest absolute Gasteiger partial charge is 0.407 e. The standard InChI is InChI=1S/C44H60N8O7/c1-27(2)35(49-41(55)57-3)39(53)51-21-5-7-32(51)37-45-25-31(47-37)28-9-11-30(12-10-28)43-15-18-44(19-16-43,20-17-43)34-26-46-38(48-34)33-8-6-22-52(33)40(54)36(50-42(56)58-4)29-13-23-59-24-14-29/h9-12,25-27,29,32-33,35-36H,5-8,13-24H2,1-4H3,(H,45,47)(H,46,48)(H,49,55)(H,50,56). The highest BCUT2D eigenvalue weighted by molar-refractivity contribution is 5.87. The van der Waals surface area contributed by atoms with Crippen molar-refractivity contribution in [3.8, 4) is 11.3 Å². The number of nitrogens with zero attached hydrogens (tertiary/aromatic N) is 4. The number of rotatable bonds is 11. The molecule has 15 nitrogen and oxygen atoms in total. The van der Waals surface area contributed by atoms with Gasteiger partial charge in [0.25, 0.3) is 0 Å². The maximum atomic E-state index is 14.1. The maximum absolute atomic E-state index is 14.1.